The van der Waals surface area contributed by atoms with Crippen LogP contribution in [0.4, 0.5) is 5.82 Å². The zero-order valence-electron chi connectivity index (χ0n) is 16.8. The van der Waals surface area contributed by atoms with E-state index in [0.29, 0.717) is 34.0 Å². The second-order valence-corrected chi connectivity index (χ2v) is 6.47. The minimum Gasteiger partial charge on any atom is -0.493 e. The number of aromatic nitrogens is 6. The Morgan fingerprint density at radius 1 is 1.23 bits per heavy atom. The number of rotatable bonds is 5. The topological polar surface area (TPSA) is 129 Å². The maximum absolute atomic E-state index is 13.0. The van der Waals surface area contributed by atoms with Crippen molar-refractivity contribution in [2.45, 2.75) is 6.92 Å². The van der Waals surface area contributed by atoms with Crippen LogP contribution in [0, 0.1) is 6.92 Å². The average Bonchev–Trinajstić information content (AvgIpc) is 3.29. The number of nitrogens with zero attached hydrogens (tertiary/aromatic N) is 5. The minimum atomic E-state index is -0.434. The Balaban J connectivity index is 1.76. The number of ether oxygens (including phenoxy) is 2. The highest BCUT2D eigenvalue weighted by Crippen LogP contribution is 2.31. The summed E-state index contributed by atoms with van der Waals surface area (Å²) >= 11 is 0. The van der Waals surface area contributed by atoms with Gasteiger partial charge in [-0.3, -0.25) is 19.3 Å². The summed E-state index contributed by atoms with van der Waals surface area (Å²) in [6, 6.07) is 6.67. The molecule has 0 aliphatic carbocycles. The molecule has 1 amide bonds. The SMILES string of the molecule is COc1cccc(C(=O)Nc2cc(C)nn2-c2nc3c(cnn3C)c(=O)[nH]2)c1OC. The maximum Gasteiger partial charge on any atom is 0.263 e. The van der Waals surface area contributed by atoms with E-state index in [0.717, 1.165) is 0 Å². The van der Waals surface area contributed by atoms with Crippen molar-refractivity contribution in [2.24, 2.45) is 7.05 Å². The molecule has 3 aromatic heterocycles. The summed E-state index contributed by atoms with van der Waals surface area (Å²) in [7, 11) is 4.64. The normalized spacial score (nSPS) is 10.9. The lowest BCUT2D eigenvalue weighted by Crippen LogP contribution is -2.19. The molecule has 154 valence electrons. The first-order chi connectivity index (χ1) is 14.4. The van der Waals surface area contributed by atoms with Crippen LogP contribution in [0.15, 0.2) is 35.3 Å². The number of aromatic amines is 1. The second-order valence-electron chi connectivity index (χ2n) is 6.47. The van der Waals surface area contributed by atoms with Crippen molar-refractivity contribution in [2.75, 3.05) is 19.5 Å². The molecular weight excluding hydrogens is 390 g/mol. The molecule has 11 nitrogen and oxygen atoms in total. The molecule has 11 heteroatoms. The van der Waals surface area contributed by atoms with E-state index in [9.17, 15) is 9.59 Å². The van der Waals surface area contributed by atoms with Gasteiger partial charge in [0.1, 0.15) is 11.2 Å². The fourth-order valence-corrected chi connectivity index (χ4v) is 3.12. The number of carbonyl (C=O) groups excluding carboxylic acids is 1. The Kier molecular flexibility index (Phi) is 4.70. The number of nitrogens with one attached hydrogen (secondary N) is 2. The monoisotopic (exact) mass is 409 g/mol. The maximum atomic E-state index is 13.0. The molecule has 0 aliphatic heterocycles. The number of methoxy groups -OCH3 is 2. The summed E-state index contributed by atoms with van der Waals surface area (Å²) in [4.78, 5) is 32.4. The summed E-state index contributed by atoms with van der Waals surface area (Å²) in [5.41, 5.74) is 0.943. The number of hydrogen-bond donors (Lipinski definition) is 2. The molecular formula is C19H19N7O4. The summed E-state index contributed by atoms with van der Waals surface area (Å²) in [5.74, 6) is 0.783. The van der Waals surface area contributed by atoms with Gasteiger partial charge in [-0.2, -0.15) is 19.9 Å². The largest absolute Gasteiger partial charge is 0.493 e. The third kappa shape index (κ3) is 3.15. The summed E-state index contributed by atoms with van der Waals surface area (Å²) in [6.07, 6.45) is 1.44. The van der Waals surface area contributed by atoms with E-state index in [2.05, 4.69) is 25.5 Å². The first-order valence-corrected chi connectivity index (χ1v) is 8.94. The Morgan fingerprint density at radius 2 is 2.03 bits per heavy atom. The standard InChI is InChI=1S/C19H19N7O4/c1-10-8-14(21-17(27)11-6-5-7-13(29-3)15(11)30-4)26(24-10)19-22-16-12(18(28)23-19)9-20-25(16)2/h5-9H,1-4H3,(H,21,27)(H,22,23,28). The van der Waals surface area contributed by atoms with Crippen molar-refractivity contribution in [3.63, 3.8) is 0 Å². The number of H-pyrrole nitrogens is 1. The van der Waals surface area contributed by atoms with Crippen LogP contribution < -0.4 is 20.3 Å². The van der Waals surface area contributed by atoms with Crippen molar-refractivity contribution in [3.8, 4) is 17.4 Å². The molecule has 0 fully saturated rings. The molecule has 0 unspecified atom stereocenters. The van der Waals surface area contributed by atoms with E-state index in [1.165, 1.54) is 29.8 Å². The molecule has 0 spiro atoms. The van der Waals surface area contributed by atoms with Gasteiger partial charge in [0.05, 0.1) is 31.7 Å². The number of aryl methyl sites for hydroxylation is 2. The fraction of sp³-hybridized carbons (Fsp3) is 0.211. The number of fused-ring (bicyclic) bond motifs is 1. The lowest BCUT2D eigenvalue weighted by molar-refractivity contribution is 0.102. The van der Waals surface area contributed by atoms with Gasteiger partial charge in [-0.05, 0) is 19.1 Å². The zero-order chi connectivity index (χ0) is 21.4. The van der Waals surface area contributed by atoms with Crippen LogP contribution >= 0.6 is 0 Å². The van der Waals surface area contributed by atoms with Gasteiger partial charge in [0.2, 0.25) is 5.95 Å². The van der Waals surface area contributed by atoms with Crippen molar-refractivity contribution in [1.82, 2.24) is 29.5 Å². The van der Waals surface area contributed by atoms with E-state index in [1.807, 2.05) is 0 Å². The Morgan fingerprint density at radius 3 is 2.77 bits per heavy atom. The lowest BCUT2D eigenvalue weighted by atomic mass is 10.1. The quantitative estimate of drug-likeness (QED) is 0.510. The summed E-state index contributed by atoms with van der Waals surface area (Å²) in [5, 5.41) is 11.5. The Labute approximate surface area is 170 Å². The van der Waals surface area contributed by atoms with Crippen LogP contribution in [-0.4, -0.2) is 49.7 Å². The van der Waals surface area contributed by atoms with Crippen molar-refractivity contribution in [3.05, 3.63) is 52.1 Å². The molecule has 0 aliphatic rings. The number of anilines is 1. The van der Waals surface area contributed by atoms with Crippen molar-refractivity contribution < 1.29 is 14.3 Å². The highest BCUT2D eigenvalue weighted by atomic mass is 16.5. The van der Waals surface area contributed by atoms with E-state index < -0.39 is 5.91 Å². The van der Waals surface area contributed by atoms with Gasteiger partial charge in [-0.25, -0.2) is 0 Å². The van der Waals surface area contributed by atoms with Crippen molar-refractivity contribution >= 4 is 22.8 Å². The summed E-state index contributed by atoms with van der Waals surface area (Å²) in [6.45, 7) is 1.76. The van der Waals surface area contributed by atoms with E-state index in [1.54, 1.807) is 38.2 Å². The molecule has 4 aromatic rings. The highest BCUT2D eigenvalue weighted by Gasteiger charge is 2.20. The lowest BCUT2D eigenvalue weighted by Gasteiger charge is -2.13. The van der Waals surface area contributed by atoms with Crippen molar-refractivity contribution in [1.29, 1.82) is 0 Å². The number of carbonyl (C=O) groups is 1. The summed E-state index contributed by atoms with van der Waals surface area (Å²) < 4.78 is 13.4. The average molecular weight is 409 g/mol. The Bertz CT molecular complexity index is 1320. The number of para-hydroxylation sites is 1. The van der Waals surface area contributed by atoms with Crippen LogP contribution in [0.2, 0.25) is 0 Å². The molecule has 0 saturated carbocycles. The van der Waals surface area contributed by atoms with Gasteiger partial charge in [0, 0.05) is 13.1 Å². The third-order valence-corrected chi connectivity index (χ3v) is 4.51. The van der Waals surface area contributed by atoms with Gasteiger partial charge >= 0.3 is 0 Å². The molecule has 2 N–H and O–H groups in total. The van der Waals surface area contributed by atoms with E-state index >= 15 is 0 Å². The molecule has 30 heavy (non-hydrogen) atoms. The molecule has 1 aromatic carbocycles. The second kappa shape index (κ2) is 7.35. The fourth-order valence-electron chi connectivity index (χ4n) is 3.12. The molecule has 0 saturated heterocycles. The van der Waals surface area contributed by atoms with Crippen LogP contribution in [-0.2, 0) is 7.05 Å². The van der Waals surface area contributed by atoms with Crippen LogP contribution in [0.25, 0.3) is 17.0 Å². The molecule has 0 atom stereocenters. The molecule has 4 rings (SSSR count). The number of benzene rings is 1. The smallest absolute Gasteiger partial charge is 0.263 e. The predicted molar refractivity (Wildman–Crippen MR) is 108 cm³/mol. The third-order valence-electron chi connectivity index (χ3n) is 4.51. The van der Waals surface area contributed by atoms with Crippen LogP contribution in [0.1, 0.15) is 16.1 Å². The van der Waals surface area contributed by atoms with Gasteiger partial charge in [0.15, 0.2) is 17.1 Å². The Hall–Kier alpha value is -4.15. The van der Waals surface area contributed by atoms with E-state index in [-0.39, 0.29) is 17.1 Å². The predicted octanol–water partition coefficient (Wildman–Crippen LogP) is 1.42. The molecule has 3 heterocycles. The molecule has 0 bridgehead atoms. The van der Waals surface area contributed by atoms with Crippen LogP contribution in [0.3, 0.4) is 0 Å². The highest BCUT2D eigenvalue weighted by molar-refractivity contribution is 6.06. The van der Waals surface area contributed by atoms with Crippen LogP contribution in [0.5, 0.6) is 11.5 Å². The van der Waals surface area contributed by atoms with Gasteiger partial charge in [-0.15, -0.1) is 0 Å². The number of amides is 1. The van der Waals surface area contributed by atoms with E-state index in [4.69, 9.17) is 9.47 Å². The minimum absolute atomic E-state index is 0.150. The number of hydrogen-bond acceptors (Lipinski definition) is 7. The first kappa shape index (κ1) is 19.2. The molecule has 0 radical (unpaired) electrons. The first-order valence-electron chi connectivity index (χ1n) is 8.94. The van der Waals surface area contributed by atoms with Gasteiger partial charge < -0.3 is 14.8 Å². The van der Waals surface area contributed by atoms with Gasteiger partial charge in [-0.1, -0.05) is 6.07 Å². The van der Waals surface area contributed by atoms with Gasteiger partial charge in [0.25, 0.3) is 11.5 Å². The zero-order valence-corrected chi connectivity index (χ0v) is 16.8.